The third kappa shape index (κ3) is 4.24. The fourth-order valence-corrected chi connectivity index (χ4v) is 3.52. The molecule has 0 aliphatic carbocycles. The zero-order valence-electron chi connectivity index (χ0n) is 8.13. The molecular formula is C12H8BrCl2I. The molecule has 0 fully saturated rings. The second kappa shape index (κ2) is 6.84. The lowest BCUT2D eigenvalue weighted by Gasteiger charge is -1.89. The van der Waals surface area contributed by atoms with E-state index in [0.29, 0.717) is 0 Å². The minimum absolute atomic E-state index is 0. The summed E-state index contributed by atoms with van der Waals surface area (Å²) in [7, 11) is 0. The van der Waals surface area contributed by atoms with Gasteiger partial charge in [0.2, 0.25) is 0 Å². The van der Waals surface area contributed by atoms with E-state index in [1.807, 2.05) is 24.3 Å². The molecule has 0 amide bonds. The van der Waals surface area contributed by atoms with Crippen molar-refractivity contribution < 1.29 is 38.2 Å². The highest BCUT2D eigenvalue weighted by molar-refractivity contribution is 6.30. The third-order valence-electron chi connectivity index (χ3n) is 1.83. The Morgan fingerprint density at radius 1 is 0.625 bits per heavy atom. The molecule has 2 aromatic rings. The van der Waals surface area contributed by atoms with Crippen LogP contribution in [0.1, 0.15) is 0 Å². The Bertz CT molecular complexity index is 396. The van der Waals surface area contributed by atoms with Gasteiger partial charge in [0.05, 0.1) is 0 Å². The van der Waals surface area contributed by atoms with E-state index in [1.54, 1.807) is 0 Å². The smallest absolute Gasteiger partial charge is 0.357 e. The summed E-state index contributed by atoms with van der Waals surface area (Å²) in [5.74, 6) is 0. The molecule has 0 aromatic heterocycles. The summed E-state index contributed by atoms with van der Waals surface area (Å²) in [6.45, 7) is 0. The molecule has 0 bridgehead atoms. The molecule has 0 unspecified atom stereocenters. The Morgan fingerprint density at radius 3 is 1.25 bits per heavy atom. The molecular weight excluding hydrogens is 422 g/mol. The summed E-state index contributed by atoms with van der Waals surface area (Å²) in [4.78, 5) is 0. The first-order valence-electron chi connectivity index (χ1n) is 4.40. The SMILES string of the molecule is Clc1ccc([I+]c2ccc(Cl)cc2)cc1.[Br-]. The molecule has 84 valence electrons. The molecule has 0 N–H and O–H groups in total. The van der Waals surface area contributed by atoms with E-state index in [1.165, 1.54) is 7.14 Å². The van der Waals surface area contributed by atoms with Crippen molar-refractivity contribution in [2.75, 3.05) is 0 Å². The molecule has 0 saturated heterocycles. The maximum absolute atomic E-state index is 5.83. The molecule has 0 nitrogen and oxygen atoms in total. The van der Waals surface area contributed by atoms with Gasteiger partial charge in [-0.3, -0.25) is 0 Å². The second-order valence-corrected chi connectivity index (χ2v) is 6.87. The minimum Gasteiger partial charge on any atom is -1.00 e. The normalized spacial score (nSPS) is 9.62. The third-order valence-corrected chi connectivity index (χ3v) is 5.01. The Hall–Kier alpha value is 0.230. The Kier molecular flexibility index (Phi) is 6.11. The van der Waals surface area contributed by atoms with Crippen molar-refractivity contribution in [3.05, 3.63) is 65.7 Å². The fraction of sp³-hybridized carbons (Fsp3) is 0. The van der Waals surface area contributed by atoms with E-state index in [2.05, 4.69) is 24.3 Å². The molecule has 0 heterocycles. The summed E-state index contributed by atoms with van der Waals surface area (Å²) in [6, 6.07) is 16.1. The first-order chi connectivity index (χ1) is 7.24. The fourth-order valence-electron chi connectivity index (χ4n) is 1.11. The van der Waals surface area contributed by atoms with E-state index < -0.39 is 0 Å². The quantitative estimate of drug-likeness (QED) is 0.491. The largest absolute Gasteiger partial charge is 1.00 e. The summed E-state index contributed by atoms with van der Waals surface area (Å²) in [5, 5.41) is 1.58. The zero-order chi connectivity index (χ0) is 10.7. The Morgan fingerprint density at radius 2 is 0.938 bits per heavy atom. The molecule has 0 aliphatic heterocycles. The van der Waals surface area contributed by atoms with Gasteiger partial charge in [-0.05, 0) is 48.5 Å². The molecule has 0 saturated carbocycles. The molecule has 2 aromatic carbocycles. The standard InChI is InChI=1S/C12H8Cl2I.BrH/c13-9-1-5-11(6-2-9)15-12-7-3-10(14)4-8-12;/h1-8H;1H/q+1;/p-1. The van der Waals surface area contributed by atoms with Crippen molar-refractivity contribution in [3.63, 3.8) is 0 Å². The van der Waals surface area contributed by atoms with Gasteiger partial charge < -0.3 is 17.0 Å². The Labute approximate surface area is 126 Å². The van der Waals surface area contributed by atoms with Crippen LogP contribution in [-0.4, -0.2) is 0 Å². The maximum Gasteiger partial charge on any atom is 0.357 e. The van der Waals surface area contributed by atoms with Crippen LogP contribution in [0.25, 0.3) is 0 Å². The van der Waals surface area contributed by atoms with Gasteiger partial charge in [-0.1, -0.05) is 23.2 Å². The summed E-state index contributed by atoms with van der Waals surface area (Å²) >= 11 is 11.5. The van der Waals surface area contributed by atoms with Gasteiger partial charge in [-0.2, -0.15) is 0 Å². The number of hydrogen-bond acceptors (Lipinski definition) is 0. The highest BCUT2D eigenvalue weighted by Gasteiger charge is 2.14. The van der Waals surface area contributed by atoms with Crippen molar-refractivity contribution in [2.24, 2.45) is 0 Å². The van der Waals surface area contributed by atoms with Crippen LogP contribution in [0, 0.1) is 7.14 Å². The highest BCUT2D eigenvalue weighted by Crippen LogP contribution is 2.05. The lowest BCUT2D eigenvalue weighted by atomic mass is 10.4. The van der Waals surface area contributed by atoms with Crippen molar-refractivity contribution in [1.82, 2.24) is 0 Å². The van der Waals surface area contributed by atoms with Crippen LogP contribution in [0.15, 0.2) is 48.5 Å². The van der Waals surface area contributed by atoms with Crippen molar-refractivity contribution in [2.45, 2.75) is 0 Å². The number of benzene rings is 2. The first kappa shape index (κ1) is 14.3. The molecule has 16 heavy (non-hydrogen) atoms. The molecule has 2 rings (SSSR count). The van der Waals surface area contributed by atoms with Crippen LogP contribution >= 0.6 is 23.2 Å². The van der Waals surface area contributed by atoms with E-state index >= 15 is 0 Å². The van der Waals surface area contributed by atoms with E-state index in [4.69, 9.17) is 23.2 Å². The van der Waals surface area contributed by atoms with Gasteiger partial charge in [0.15, 0.2) is 7.14 Å². The van der Waals surface area contributed by atoms with E-state index in [9.17, 15) is 0 Å². The van der Waals surface area contributed by atoms with Crippen molar-refractivity contribution in [3.8, 4) is 0 Å². The van der Waals surface area contributed by atoms with Gasteiger partial charge in [0.1, 0.15) is 0 Å². The topological polar surface area (TPSA) is 0 Å². The molecule has 0 aliphatic rings. The van der Waals surface area contributed by atoms with Crippen LogP contribution in [0.4, 0.5) is 0 Å². The number of rotatable bonds is 2. The van der Waals surface area contributed by atoms with Gasteiger partial charge in [0, 0.05) is 10.0 Å². The van der Waals surface area contributed by atoms with Crippen LogP contribution in [0.3, 0.4) is 0 Å². The summed E-state index contributed by atoms with van der Waals surface area (Å²) in [6.07, 6.45) is 0. The lowest BCUT2D eigenvalue weighted by Crippen LogP contribution is -3.61. The van der Waals surface area contributed by atoms with Crippen molar-refractivity contribution in [1.29, 1.82) is 0 Å². The zero-order valence-corrected chi connectivity index (χ0v) is 13.4. The van der Waals surface area contributed by atoms with Crippen LogP contribution in [0.5, 0.6) is 0 Å². The number of hydrogen-bond donors (Lipinski definition) is 0. The van der Waals surface area contributed by atoms with Crippen molar-refractivity contribution >= 4 is 23.2 Å². The molecule has 4 heteroatoms. The second-order valence-electron chi connectivity index (χ2n) is 2.97. The first-order valence-corrected chi connectivity index (χ1v) is 7.31. The Balaban J connectivity index is 0.00000128. The van der Waals surface area contributed by atoms with E-state index in [0.717, 1.165) is 10.0 Å². The van der Waals surface area contributed by atoms with E-state index in [-0.39, 0.29) is 38.2 Å². The predicted molar refractivity (Wildman–Crippen MR) is 60.3 cm³/mol. The average molecular weight is 430 g/mol. The monoisotopic (exact) mass is 428 g/mol. The average Bonchev–Trinajstić information content (AvgIpc) is 2.25. The van der Waals surface area contributed by atoms with Gasteiger partial charge in [-0.15, -0.1) is 0 Å². The van der Waals surface area contributed by atoms with Gasteiger partial charge in [0.25, 0.3) is 0 Å². The van der Waals surface area contributed by atoms with Crippen LogP contribution in [-0.2, 0) is 0 Å². The molecule has 0 spiro atoms. The molecule has 0 atom stereocenters. The number of halogens is 4. The lowest BCUT2D eigenvalue weighted by molar-refractivity contribution is -0.597. The van der Waals surface area contributed by atoms with Crippen LogP contribution < -0.4 is 38.2 Å². The molecule has 0 radical (unpaired) electrons. The summed E-state index contributed by atoms with van der Waals surface area (Å²) in [5.41, 5.74) is 0. The highest BCUT2D eigenvalue weighted by atomic mass is 127. The minimum atomic E-state index is -0.114. The van der Waals surface area contributed by atoms with Gasteiger partial charge in [-0.25, -0.2) is 0 Å². The summed E-state index contributed by atoms with van der Waals surface area (Å²) < 4.78 is 2.72. The van der Waals surface area contributed by atoms with Crippen LogP contribution in [0.2, 0.25) is 10.0 Å². The maximum atomic E-state index is 5.83. The predicted octanol–water partition coefficient (Wildman–Crippen LogP) is -1.87. The van der Waals surface area contributed by atoms with Gasteiger partial charge >= 0.3 is 21.2 Å².